The van der Waals surface area contributed by atoms with Gasteiger partial charge in [-0.3, -0.25) is 0 Å². The Balaban J connectivity index is 1.76. The number of fused-ring (bicyclic) bond motifs is 1. The highest BCUT2D eigenvalue weighted by molar-refractivity contribution is 7.89. The van der Waals surface area contributed by atoms with Gasteiger partial charge in [-0.1, -0.05) is 61.4 Å². The topological polar surface area (TPSA) is 46.6 Å². The summed E-state index contributed by atoms with van der Waals surface area (Å²) in [6, 6.07) is 17.0. The third-order valence-electron chi connectivity index (χ3n) is 5.24. The molecule has 2 fully saturated rings. The van der Waals surface area contributed by atoms with E-state index in [1.165, 1.54) is 0 Å². The third-order valence-corrected chi connectivity index (χ3v) is 7.22. The number of hydrogen-bond donors (Lipinski definition) is 0. The SMILES string of the molecule is O=S(=O)(c1ccccc1-c1ccccc1)N1CCOC2CCCCC21. The largest absolute Gasteiger partial charge is 0.375 e. The van der Waals surface area contributed by atoms with Crippen LogP contribution in [0, 0.1) is 0 Å². The molecule has 1 aliphatic carbocycles. The molecule has 132 valence electrons. The van der Waals surface area contributed by atoms with Crippen LogP contribution >= 0.6 is 0 Å². The lowest BCUT2D eigenvalue weighted by Crippen LogP contribution is -2.54. The van der Waals surface area contributed by atoms with Gasteiger partial charge in [0, 0.05) is 12.1 Å². The molecule has 0 amide bonds. The van der Waals surface area contributed by atoms with Gasteiger partial charge < -0.3 is 4.74 Å². The van der Waals surface area contributed by atoms with Crippen LogP contribution in [-0.2, 0) is 14.8 Å². The Labute approximate surface area is 149 Å². The summed E-state index contributed by atoms with van der Waals surface area (Å²) in [6.07, 6.45) is 4.07. The average Bonchev–Trinajstić information content (AvgIpc) is 2.68. The highest BCUT2D eigenvalue weighted by Gasteiger charge is 2.41. The van der Waals surface area contributed by atoms with Gasteiger partial charge in [-0.25, -0.2) is 8.42 Å². The molecule has 1 heterocycles. The molecule has 4 nitrogen and oxygen atoms in total. The van der Waals surface area contributed by atoms with E-state index in [1.54, 1.807) is 16.4 Å². The quantitative estimate of drug-likeness (QED) is 0.842. The van der Waals surface area contributed by atoms with E-state index < -0.39 is 10.0 Å². The van der Waals surface area contributed by atoms with Crippen molar-refractivity contribution in [1.29, 1.82) is 0 Å². The number of rotatable bonds is 3. The summed E-state index contributed by atoms with van der Waals surface area (Å²) in [4.78, 5) is 0.396. The maximum atomic E-state index is 13.5. The Morgan fingerprint density at radius 3 is 2.48 bits per heavy atom. The van der Waals surface area contributed by atoms with E-state index >= 15 is 0 Å². The molecular weight excluding hydrogens is 334 g/mol. The highest BCUT2D eigenvalue weighted by atomic mass is 32.2. The van der Waals surface area contributed by atoms with Crippen LogP contribution in [0.15, 0.2) is 59.5 Å². The predicted octanol–water partition coefficient (Wildman–Crippen LogP) is 3.69. The Kier molecular flexibility index (Phi) is 4.63. The van der Waals surface area contributed by atoms with Gasteiger partial charge in [0.2, 0.25) is 10.0 Å². The number of benzene rings is 2. The third kappa shape index (κ3) is 3.12. The Bertz CT molecular complexity index is 833. The second-order valence-electron chi connectivity index (χ2n) is 6.74. The summed E-state index contributed by atoms with van der Waals surface area (Å²) in [5.41, 5.74) is 1.69. The number of morpholine rings is 1. The molecule has 25 heavy (non-hydrogen) atoms. The van der Waals surface area contributed by atoms with Crippen LogP contribution in [-0.4, -0.2) is 38.0 Å². The molecular formula is C20H23NO3S. The van der Waals surface area contributed by atoms with Crippen LogP contribution in [0.4, 0.5) is 0 Å². The molecule has 1 aliphatic heterocycles. The van der Waals surface area contributed by atoms with E-state index in [2.05, 4.69) is 0 Å². The zero-order valence-corrected chi connectivity index (χ0v) is 15.0. The van der Waals surface area contributed by atoms with Crippen LogP contribution in [0.5, 0.6) is 0 Å². The first kappa shape index (κ1) is 16.8. The van der Waals surface area contributed by atoms with Crippen molar-refractivity contribution >= 4 is 10.0 Å². The average molecular weight is 357 g/mol. The molecule has 0 radical (unpaired) electrons. The number of hydrogen-bond acceptors (Lipinski definition) is 3. The highest BCUT2D eigenvalue weighted by Crippen LogP contribution is 2.35. The molecule has 2 atom stereocenters. The van der Waals surface area contributed by atoms with E-state index in [4.69, 9.17) is 4.74 Å². The number of sulfonamides is 1. The van der Waals surface area contributed by atoms with E-state index in [1.807, 2.05) is 42.5 Å². The van der Waals surface area contributed by atoms with Gasteiger partial charge in [0.05, 0.1) is 23.6 Å². The van der Waals surface area contributed by atoms with Crippen molar-refractivity contribution in [2.24, 2.45) is 0 Å². The van der Waals surface area contributed by atoms with Gasteiger partial charge in [0.25, 0.3) is 0 Å². The lowest BCUT2D eigenvalue weighted by molar-refractivity contribution is -0.0586. The van der Waals surface area contributed by atoms with Crippen molar-refractivity contribution in [3.05, 3.63) is 54.6 Å². The van der Waals surface area contributed by atoms with Gasteiger partial charge in [-0.15, -0.1) is 0 Å². The van der Waals surface area contributed by atoms with Crippen molar-refractivity contribution in [1.82, 2.24) is 4.31 Å². The van der Waals surface area contributed by atoms with Crippen LogP contribution in [0.3, 0.4) is 0 Å². The van der Waals surface area contributed by atoms with Gasteiger partial charge in [0.15, 0.2) is 0 Å². The fourth-order valence-corrected chi connectivity index (χ4v) is 5.91. The van der Waals surface area contributed by atoms with Crippen molar-refractivity contribution < 1.29 is 13.2 Å². The fourth-order valence-electron chi connectivity index (χ4n) is 4.03. The molecule has 2 aromatic rings. The van der Waals surface area contributed by atoms with Crippen molar-refractivity contribution in [2.75, 3.05) is 13.2 Å². The molecule has 4 rings (SSSR count). The number of nitrogens with zero attached hydrogens (tertiary/aromatic N) is 1. The summed E-state index contributed by atoms with van der Waals surface area (Å²) in [6.45, 7) is 0.917. The summed E-state index contributed by atoms with van der Waals surface area (Å²) in [7, 11) is -3.56. The van der Waals surface area contributed by atoms with Crippen molar-refractivity contribution in [2.45, 2.75) is 42.7 Å². The minimum Gasteiger partial charge on any atom is -0.375 e. The molecule has 2 aliphatic rings. The second kappa shape index (κ2) is 6.90. The minimum absolute atomic E-state index is 0.0312. The zero-order valence-electron chi connectivity index (χ0n) is 14.2. The Hall–Kier alpha value is -1.69. The van der Waals surface area contributed by atoms with Crippen LogP contribution in [0.2, 0.25) is 0 Å². The maximum Gasteiger partial charge on any atom is 0.244 e. The first-order chi connectivity index (χ1) is 12.2. The molecule has 0 N–H and O–H groups in total. The lowest BCUT2D eigenvalue weighted by atomic mass is 9.91. The number of ether oxygens (including phenoxy) is 1. The molecule has 1 saturated heterocycles. The first-order valence-corrected chi connectivity index (χ1v) is 10.4. The normalized spacial score (nSPS) is 24.6. The van der Waals surface area contributed by atoms with Gasteiger partial charge >= 0.3 is 0 Å². The Morgan fingerprint density at radius 2 is 1.64 bits per heavy atom. The molecule has 0 aromatic heterocycles. The second-order valence-corrected chi connectivity index (χ2v) is 8.60. The monoisotopic (exact) mass is 357 g/mol. The molecule has 2 aromatic carbocycles. The zero-order chi connectivity index (χ0) is 17.3. The van der Waals surface area contributed by atoms with Gasteiger partial charge in [0.1, 0.15) is 0 Å². The van der Waals surface area contributed by atoms with Crippen LogP contribution in [0.25, 0.3) is 11.1 Å². The van der Waals surface area contributed by atoms with Gasteiger partial charge in [-0.2, -0.15) is 4.31 Å². The Morgan fingerprint density at radius 1 is 0.920 bits per heavy atom. The lowest BCUT2D eigenvalue weighted by Gasteiger charge is -2.43. The molecule has 1 saturated carbocycles. The van der Waals surface area contributed by atoms with E-state index in [9.17, 15) is 8.42 Å². The smallest absolute Gasteiger partial charge is 0.244 e. The summed E-state index contributed by atoms with van der Waals surface area (Å²) >= 11 is 0. The van der Waals surface area contributed by atoms with Crippen molar-refractivity contribution in [3.8, 4) is 11.1 Å². The molecule has 2 unspecified atom stereocenters. The van der Waals surface area contributed by atoms with Crippen molar-refractivity contribution in [3.63, 3.8) is 0 Å². The fraction of sp³-hybridized carbons (Fsp3) is 0.400. The summed E-state index contributed by atoms with van der Waals surface area (Å²) in [5, 5.41) is 0. The predicted molar refractivity (Wildman–Crippen MR) is 97.8 cm³/mol. The summed E-state index contributed by atoms with van der Waals surface area (Å²) in [5.74, 6) is 0. The molecule has 0 spiro atoms. The molecule has 5 heteroatoms. The van der Waals surface area contributed by atoms with E-state index in [0.717, 1.165) is 36.8 Å². The first-order valence-electron chi connectivity index (χ1n) is 8.96. The van der Waals surface area contributed by atoms with E-state index in [-0.39, 0.29) is 12.1 Å². The van der Waals surface area contributed by atoms with Crippen LogP contribution in [0.1, 0.15) is 25.7 Å². The standard InChI is InChI=1S/C20H23NO3S/c22-25(23,21-14-15-24-19-12-6-5-11-18(19)21)20-13-7-4-10-17(20)16-8-2-1-3-9-16/h1-4,7-10,13,18-19H,5-6,11-12,14-15H2. The van der Waals surface area contributed by atoms with Crippen LogP contribution < -0.4 is 0 Å². The summed E-state index contributed by atoms with van der Waals surface area (Å²) < 4.78 is 34.6. The van der Waals surface area contributed by atoms with Gasteiger partial charge in [-0.05, 0) is 24.5 Å². The minimum atomic E-state index is -3.56. The van der Waals surface area contributed by atoms with E-state index in [0.29, 0.717) is 18.0 Å². The molecule has 0 bridgehead atoms. The maximum absolute atomic E-state index is 13.5.